The van der Waals surface area contributed by atoms with Crippen LogP contribution in [0.5, 0.6) is 0 Å². The second-order valence-electron chi connectivity index (χ2n) is 8.10. The first-order valence-corrected chi connectivity index (χ1v) is 11.0. The summed E-state index contributed by atoms with van der Waals surface area (Å²) in [6.07, 6.45) is 0. The van der Waals surface area contributed by atoms with Crippen molar-refractivity contribution in [1.29, 1.82) is 0 Å². The SMILES string of the molecule is CN1C(=O)C(C)(C)c2cc(-c3csc(NC(=O)c4cc5cccc(Cl)c5[nH]4)n3)ccc21. The van der Waals surface area contributed by atoms with E-state index in [1.165, 1.54) is 11.3 Å². The Hall–Kier alpha value is -3.16. The third-order valence-electron chi connectivity index (χ3n) is 5.74. The van der Waals surface area contributed by atoms with Crippen LogP contribution < -0.4 is 10.2 Å². The zero-order valence-corrected chi connectivity index (χ0v) is 18.7. The van der Waals surface area contributed by atoms with Crippen LogP contribution in [0, 0.1) is 0 Å². The summed E-state index contributed by atoms with van der Waals surface area (Å²) < 4.78 is 0. The minimum atomic E-state index is -0.579. The van der Waals surface area contributed by atoms with Gasteiger partial charge in [-0.3, -0.25) is 14.9 Å². The number of rotatable bonds is 3. The number of aromatic nitrogens is 2. The van der Waals surface area contributed by atoms with Gasteiger partial charge < -0.3 is 9.88 Å². The summed E-state index contributed by atoms with van der Waals surface area (Å²) in [5.74, 6) is -0.209. The fourth-order valence-electron chi connectivity index (χ4n) is 4.00. The molecule has 0 unspecified atom stereocenters. The van der Waals surface area contributed by atoms with E-state index in [-0.39, 0.29) is 11.8 Å². The number of benzene rings is 2. The number of aromatic amines is 1. The maximum atomic E-state index is 12.7. The van der Waals surface area contributed by atoms with Gasteiger partial charge in [0.1, 0.15) is 5.69 Å². The number of carbonyl (C=O) groups excluding carboxylic acids is 2. The molecule has 5 rings (SSSR count). The highest BCUT2D eigenvalue weighted by atomic mass is 35.5. The van der Waals surface area contributed by atoms with E-state index < -0.39 is 5.41 Å². The third-order valence-corrected chi connectivity index (χ3v) is 6.81. The lowest BCUT2D eigenvalue weighted by molar-refractivity contribution is -0.121. The highest BCUT2D eigenvalue weighted by molar-refractivity contribution is 7.14. The van der Waals surface area contributed by atoms with Gasteiger partial charge in [0.25, 0.3) is 5.91 Å². The van der Waals surface area contributed by atoms with E-state index in [0.29, 0.717) is 15.8 Å². The lowest BCUT2D eigenvalue weighted by Crippen LogP contribution is -2.33. The number of amides is 2. The predicted molar refractivity (Wildman–Crippen MR) is 125 cm³/mol. The number of hydrogen-bond acceptors (Lipinski definition) is 4. The highest BCUT2D eigenvalue weighted by Crippen LogP contribution is 2.42. The van der Waals surface area contributed by atoms with Crippen LogP contribution in [0.3, 0.4) is 0 Å². The standard InChI is InChI=1S/C23H19ClN4O2S/c1-23(2)14-9-12(7-8-18(14)28(3)21(23)30)17-11-31-22(26-17)27-20(29)16-10-13-5-4-6-15(24)19(13)25-16/h4-11,25H,1-3H3,(H,26,27,29). The molecule has 3 heterocycles. The van der Waals surface area contributed by atoms with E-state index in [2.05, 4.69) is 15.3 Å². The summed E-state index contributed by atoms with van der Waals surface area (Å²) in [7, 11) is 1.79. The molecule has 0 aliphatic carbocycles. The van der Waals surface area contributed by atoms with Gasteiger partial charge in [0, 0.05) is 29.1 Å². The van der Waals surface area contributed by atoms with Gasteiger partial charge in [0.15, 0.2) is 5.13 Å². The molecule has 2 N–H and O–H groups in total. The summed E-state index contributed by atoms with van der Waals surface area (Å²) in [4.78, 5) is 34.6. The van der Waals surface area contributed by atoms with Gasteiger partial charge in [-0.1, -0.05) is 29.8 Å². The third kappa shape index (κ3) is 3.12. The number of nitrogens with one attached hydrogen (secondary N) is 2. The number of likely N-dealkylation sites (N-methyl/N-ethyl adjacent to an activating group) is 1. The molecule has 0 fully saturated rings. The minimum absolute atomic E-state index is 0.0734. The summed E-state index contributed by atoms with van der Waals surface area (Å²) in [5.41, 5.74) is 4.12. The topological polar surface area (TPSA) is 78.1 Å². The molecule has 8 heteroatoms. The number of hydrogen-bond donors (Lipinski definition) is 2. The average molecular weight is 451 g/mol. The van der Waals surface area contributed by atoms with E-state index in [4.69, 9.17) is 11.6 Å². The molecule has 0 radical (unpaired) electrons. The van der Waals surface area contributed by atoms with Gasteiger partial charge in [-0.15, -0.1) is 11.3 Å². The van der Waals surface area contributed by atoms with Crippen molar-refractivity contribution in [3.63, 3.8) is 0 Å². The lowest BCUT2D eigenvalue weighted by Gasteiger charge is -2.16. The maximum absolute atomic E-state index is 12.7. The van der Waals surface area contributed by atoms with Crippen LogP contribution in [-0.2, 0) is 10.2 Å². The monoisotopic (exact) mass is 450 g/mol. The van der Waals surface area contributed by atoms with Gasteiger partial charge in [0.2, 0.25) is 5.91 Å². The van der Waals surface area contributed by atoms with Gasteiger partial charge in [-0.2, -0.15) is 0 Å². The first-order valence-electron chi connectivity index (χ1n) is 9.73. The quantitative estimate of drug-likeness (QED) is 0.435. The van der Waals surface area contributed by atoms with Crippen LogP contribution in [0.1, 0.15) is 29.9 Å². The van der Waals surface area contributed by atoms with Crippen LogP contribution in [0.25, 0.3) is 22.2 Å². The Labute approximate surface area is 187 Å². The summed E-state index contributed by atoms with van der Waals surface area (Å²) in [6.45, 7) is 3.86. The molecule has 0 saturated heterocycles. The molecular formula is C23H19ClN4O2S. The molecule has 1 aliphatic heterocycles. The Bertz CT molecular complexity index is 1370. The van der Waals surface area contributed by atoms with Crippen LogP contribution in [0.4, 0.5) is 10.8 Å². The molecule has 2 aromatic carbocycles. The Balaban J connectivity index is 1.41. The number of nitrogens with zero attached hydrogens (tertiary/aromatic N) is 2. The molecule has 2 aromatic heterocycles. The number of halogens is 1. The predicted octanol–water partition coefficient (Wildman–Crippen LogP) is 5.45. The number of carbonyl (C=O) groups is 2. The van der Waals surface area contributed by atoms with Crippen molar-refractivity contribution in [2.24, 2.45) is 0 Å². The normalized spacial score (nSPS) is 14.8. The van der Waals surface area contributed by atoms with Crippen molar-refractivity contribution in [1.82, 2.24) is 9.97 Å². The lowest BCUT2D eigenvalue weighted by atomic mass is 9.85. The van der Waals surface area contributed by atoms with E-state index in [0.717, 1.165) is 33.4 Å². The fourth-order valence-corrected chi connectivity index (χ4v) is 4.95. The van der Waals surface area contributed by atoms with Gasteiger partial charge in [0.05, 0.1) is 21.6 Å². The number of fused-ring (bicyclic) bond motifs is 2. The molecule has 4 aromatic rings. The van der Waals surface area contributed by atoms with Gasteiger partial charge >= 0.3 is 0 Å². The van der Waals surface area contributed by atoms with E-state index in [9.17, 15) is 9.59 Å². The molecule has 1 aliphatic rings. The number of thiazole rings is 1. The van der Waals surface area contributed by atoms with E-state index >= 15 is 0 Å². The largest absolute Gasteiger partial charge is 0.349 e. The summed E-state index contributed by atoms with van der Waals surface area (Å²) >= 11 is 7.54. The average Bonchev–Trinajstić information content (AvgIpc) is 3.43. The first-order chi connectivity index (χ1) is 14.8. The molecule has 2 amide bonds. The Kier molecular flexibility index (Phi) is 4.42. The van der Waals surface area contributed by atoms with Crippen molar-refractivity contribution < 1.29 is 9.59 Å². The molecule has 156 valence electrons. The second kappa shape index (κ2) is 6.93. The minimum Gasteiger partial charge on any atom is -0.349 e. The van der Waals surface area contributed by atoms with Crippen molar-refractivity contribution in [3.05, 3.63) is 64.1 Å². The van der Waals surface area contributed by atoms with E-state index in [1.807, 2.05) is 49.6 Å². The van der Waals surface area contributed by atoms with Crippen LogP contribution in [0.15, 0.2) is 47.8 Å². The van der Waals surface area contributed by atoms with Crippen molar-refractivity contribution in [3.8, 4) is 11.3 Å². The Morgan fingerprint density at radius 3 is 2.81 bits per heavy atom. The van der Waals surface area contributed by atoms with Gasteiger partial charge in [-0.05, 0) is 43.7 Å². The number of anilines is 2. The van der Waals surface area contributed by atoms with Crippen molar-refractivity contribution in [2.75, 3.05) is 17.3 Å². The van der Waals surface area contributed by atoms with Crippen LogP contribution in [0.2, 0.25) is 5.02 Å². The molecule has 6 nitrogen and oxygen atoms in total. The zero-order valence-electron chi connectivity index (χ0n) is 17.1. The van der Waals surface area contributed by atoms with Crippen molar-refractivity contribution in [2.45, 2.75) is 19.3 Å². The first kappa shape index (κ1) is 19.8. The molecule has 31 heavy (non-hydrogen) atoms. The molecule has 0 spiro atoms. The maximum Gasteiger partial charge on any atom is 0.273 e. The summed E-state index contributed by atoms with van der Waals surface area (Å²) in [6, 6.07) is 13.2. The number of H-pyrrole nitrogens is 1. The van der Waals surface area contributed by atoms with Crippen molar-refractivity contribution >= 4 is 56.5 Å². The van der Waals surface area contributed by atoms with Crippen LogP contribution >= 0.6 is 22.9 Å². The zero-order chi connectivity index (χ0) is 21.9. The van der Waals surface area contributed by atoms with Crippen LogP contribution in [-0.4, -0.2) is 28.8 Å². The molecular weight excluding hydrogens is 432 g/mol. The molecule has 0 saturated carbocycles. The molecule has 0 atom stereocenters. The number of para-hydroxylation sites is 1. The van der Waals surface area contributed by atoms with Gasteiger partial charge in [-0.25, -0.2) is 4.98 Å². The Morgan fingerprint density at radius 1 is 1.23 bits per heavy atom. The molecule has 0 bridgehead atoms. The summed E-state index contributed by atoms with van der Waals surface area (Å²) in [5, 5.41) is 6.68. The smallest absolute Gasteiger partial charge is 0.273 e. The second-order valence-corrected chi connectivity index (χ2v) is 9.37. The Morgan fingerprint density at radius 2 is 2.03 bits per heavy atom. The highest BCUT2D eigenvalue weighted by Gasteiger charge is 2.42. The van der Waals surface area contributed by atoms with E-state index in [1.54, 1.807) is 24.1 Å². The fraction of sp³-hybridized carbons (Fsp3) is 0.174.